The van der Waals surface area contributed by atoms with E-state index in [0.717, 1.165) is 128 Å². The molecule has 1 aliphatic rings. The quantitative estimate of drug-likeness (QED) is 0.0318. The molecule has 0 aromatic rings. The fourth-order valence-corrected chi connectivity index (χ4v) is 8.35. The van der Waals surface area contributed by atoms with Crippen LogP contribution in [0.1, 0.15) is 234 Å². The summed E-state index contributed by atoms with van der Waals surface area (Å²) in [6.45, 7) is 11.1. The van der Waals surface area contributed by atoms with Crippen molar-refractivity contribution in [1.82, 2.24) is 4.90 Å². The summed E-state index contributed by atoms with van der Waals surface area (Å²) in [5.74, 6) is -4.66. The number of likely N-dealkylation sites (tertiary alicyclic amines) is 1. The van der Waals surface area contributed by atoms with E-state index in [9.17, 15) is 33.6 Å². The van der Waals surface area contributed by atoms with Crippen molar-refractivity contribution in [2.24, 2.45) is 11.8 Å². The van der Waals surface area contributed by atoms with E-state index in [-0.39, 0.29) is 84.8 Å². The van der Waals surface area contributed by atoms with Gasteiger partial charge in [-0.1, -0.05) is 156 Å². The Morgan fingerprint density at radius 3 is 0.855 bits per heavy atom. The molecule has 15 nitrogen and oxygen atoms in total. The second-order valence-corrected chi connectivity index (χ2v) is 18.9. The number of hydrogen-bond acceptors (Lipinski definition) is 14. The zero-order valence-electron chi connectivity index (χ0n) is 43.8. The molecule has 1 rings (SSSR count). The highest BCUT2D eigenvalue weighted by molar-refractivity contribution is 5.77. The Hall–Kier alpha value is -3.91. The van der Waals surface area contributed by atoms with Crippen LogP contribution in [0.5, 0.6) is 0 Å². The molecule has 0 aromatic carbocycles. The number of hydrogen-bond donors (Lipinski definition) is 0. The minimum atomic E-state index is -0.700. The molecule has 1 fully saturated rings. The molecule has 400 valence electrons. The van der Waals surface area contributed by atoms with Crippen LogP contribution in [0.15, 0.2) is 0 Å². The second-order valence-electron chi connectivity index (χ2n) is 18.9. The fraction of sp³-hybridized carbons (Fsp3) is 0.870. The maximum atomic E-state index is 13.2. The molecule has 0 saturated carbocycles. The highest BCUT2D eigenvalue weighted by Crippen LogP contribution is 2.29. The first-order valence-electron chi connectivity index (χ1n) is 27.4. The maximum absolute atomic E-state index is 13.2. The third-order valence-electron chi connectivity index (χ3n) is 12.5. The highest BCUT2D eigenvalue weighted by atomic mass is 16.6. The molecule has 1 aliphatic heterocycles. The summed E-state index contributed by atoms with van der Waals surface area (Å²) in [7, 11) is 0. The van der Waals surface area contributed by atoms with E-state index in [1.807, 2.05) is 0 Å². The minimum Gasteiger partial charge on any atom is -0.466 e. The summed E-state index contributed by atoms with van der Waals surface area (Å²) in [6.07, 6.45) is 23.5. The van der Waals surface area contributed by atoms with E-state index in [1.165, 1.54) is 30.6 Å². The molecular weight excluding hydrogens is 887 g/mol. The van der Waals surface area contributed by atoms with Crippen LogP contribution in [0.4, 0.5) is 4.79 Å². The summed E-state index contributed by atoms with van der Waals surface area (Å²) in [6, 6.07) is -1.15. The van der Waals surface area contributed by atoms with Crippen LogP contribution < -0.4 is 0 Å². The molecule has 1 amide bonds. The smallest absolute Gasteiger partial charge is 0.410 e. The van der Waals surface area contributed by atoms with Gasteiger partial charge in [0.05, 0.1) is 45.1 Å². The van der Waals surface area contributed by atoms with Crippen LogP contribution in [-0.2, 0) is 61.9 Å². The Bertz CT molecular complexity index is 1230. The molecule has 69 heavy (non-hydrogen) atoms. The predicted molar refractivity (Wildman–Crippen MR) is 265 cm³/mol. The lowest BCUT2D eigenvalue weighted by Gasteiger charge is -2.46. The molecule has 1 saturated heterocycles. The first-order valence-corrected chi connectivity index (χ1v) is 27.4. The molecule has 0 radical (unpaired) electrons. The van der Waals surface area contributed by atoms with E-state index in [2.05, 4.69) is 27.7 Å². The molecule has 0 aromatic heterocycles. The number of carbonyl (C=O) groups excluding carboxylic acids is 7. The molecule has 0 N–H and O–H groups in total. The van der Waals surface area contributed by atoms with Gasteiger partial charge in [-0.2, -0.15) is 0 Å². The maximum Gasteiger partial charge on any atom is 0.410 e. The number of amides is 1. The van der Waals surface area contributed by atoms with Crippen LogP contribution in [-0.4, -0.2) is 105 Å². The Morgan fingerprint density at radius 1 is 0.348 bits per heavy atom. The average molecular weight is 982 g/mol. The molecule has 0 aliphatic carbocycles. The number of nitrogens with zero attached hydrogens (tertiary/aromatic N) is 1. The van der Waals surface area contributed by atoms with Gasteiger partial charge in [0, 0.05) is 38.5 Å². The van der Waals surface area contributed by atoms with Crippen molar-refractivity contribution in [2.45, 2.75) is 246 Å². The van der Waals surface area contributed by atoms with Crippen molar-refractivity contribution in [3.05, 3.63) is 0 Å². The van der Waals surface area contributed by atoms with Crippen LogP contribution in [0, 0.1) is 11.8 Å². The zero-order chi connectivity index (χ0) is 50.7. The van der Waals surface area contributed by atoms with Gasteiger partial charge in [-0.25, -0.2) is 4.79 Å². The number of rotatable bonds is 45. The van der Waals surface area contributed by atoms with Crippen molar-refractivity contribution in [3.8, 4) is 0 Å². The average Bonchev–Trinajstić information content (AvgIpc) is 3.29. The van der Waals surface area contributed by atoms with Gasteiger partial charge >= 0.3 is 41.9 Å². The van der Waals surface area contributed by atoms with E-state index in [0.29, 0.717) is 6.42 Å². The van der Waals surface area contributed by atoms with Gasteiger partial charge in [-0.3, -0.25) is 33.7 Å². The Kier molecular flexibility index (Phi) is 39.3. The normalized spacial score (nSPS) is 14.3. The molecule has 2 atom stereocenters. The first-order chi connectivity index (χ1) is 33.5. The standard InChI is InChI=1S/C54H95NO14/c1-6-11-15-19-23-27-31-64-48(56)35-44(36-49(57)65-32-28-24-20-16-12-7-2)39-52(60)68-42-46-41-47(55(46)54(62)63-10-5)43-69-53(61)40-45(37-50(58)66-33-29-25-21-17-13-8-3)38-51(59)67-34-30-26-22-18-14-9-4/h44-47H,6-43H2,1-5H3/t46-,47+. The van der Waals surface area contributed by atoms with Crippen molar-refractivity contribution in [1.29, 1.82) is 0 Å². The van der Waals surface area contributed by atoms with Crippen LogP contribution in [0.2, 0.25) is 0 Å². The van der Waals surface area contributed by atoms with Crippen LogP contribution >= 0.6 is 0 Å². The van der Waals surface area contributed by atoms with Crippen molar-refractivity contribution in [2.75, 3.05) is 46.2 Å². The summed E-state index contributed by atoms with van der Waals surface area (Å²) < 4.78 is 38.4. The lowest BCUT2D eigenvalue weighted by Crippen LogP contribution is -2.62. The monoisotopic (exact) mass is 982 g/mol. The molecule has 0 spiro atoms. The van der Waals surface area contributed by atoms with Gasteiger partial charge < -0.3 is 33.2 Å². The van der Waals surface area contributed by atoms with Gasteiger partial charge in [0.15, 0.2) is 0 Å². The van der Waals surface area contributed by atoms with Gasteiger partial charge in [-0.15, -0.1) is 0 Å². The van der Waals surface area contributed by atoms with E-state index in [4.69, 9.17) is 33.2 Å². The largest absolute Gasteiger partial charge is 0.466 e. The second kappa shape index (κ2) is 42.9. The Balaban J connectivity index is 2.83. The summed E-state index contributed by atoms with van der Waals surface area (Å²) in [5.41, 5.74) is 0. The Morgan fingerprint density at radius 2 is 0.594 bits per heavy atom. The van der Waals surface area contributed by atoms with E-state index < -0.39 is 65.8 Å². The van der Waals surface area contributed by atoms with Gasteiger partial charge in [0.25, 0.3) is 0 Å². The summed E-state index contributed by atoms with van der Waals surface area (Å²) in [5, 5.41) is 0. The highest BCUT2D eigenvalue weighted by Gasteiger charge is 2.44. The van der Waals surface area contributed by atoms with E-state index in [1.54, 1.807) is 6.92 Å². The first kappa shape index (κ1) is 63.1. The summed E-state index contributed by atoms with van der Waals surface area (Å²) in [4.78, 5) is 92.3. The molecule has 0 unspecified atom stereocenters. The number of carbonyl (C=O) groups is 7. The van der Waals surface area contributed by atoms with E-state index >= 15 is 0 Å². The molecule has 0 bridgehead atoms. The van der Waals surface area contributed by atoms with Gasteiger partial charge in [0.1, 0.15) is 13.2 Å². The SMILES string of the molecule is CCCCCCCCOC(=O)CC(CC(=O)OCCCCCCCC)CC(=O)OC[C@@H]1C[C@H](COC(=O)CC(CC(=O)OCCCCCCCC)CC(=O)OCCCCCCCC)N1C(=O)OCC. The van der Waals surface area contributed by atoms with Crippen molar-refractivity contribution < 1.29 is 66.7 Å². The topological polar surface area (TPSA) is 187 Å². The number of esters is 6. The van der Waals surface area contributed by atoms with Gasteiger partial charge in [0.2, 0.25) is 0 Å². The van der Waals surface area contributed by atoms with Gasteiger partial charge in [-0.05, 0) is 50.9 Å². The molecule has 1 heterocycles. The molecule has 15 heteroatoms. The van der Waals surface area contributed by atoms with Crippen molar-refractivity contribution >= 4 is 41.9 Å². The molecular formula is C54H95NO14. The van der Waals surface area contributed by atoms with Crippen LogP contribution in [0.25, 0.3) is 0 Å². The van der Waals surface area contributed by atoms with Crippen LogP contribution in [0.3, 0.4) is 0 Å². The predicted octanol–water partition coefficient (Wildman–Crippen LogP) is 11.9. The summed E-state index contributed by atoms with van der Waals surface area (Å²) >= 11 is 0. The Labute approximate surface area is 416 Å². The number of unbranched alkanes of at least 4 members (excludes halogenated alkanes) is 20. The van der Waals surface area contributed by atoms with Crippen molar-refractivity contribution in [3.63, 3.8) is 0 Å². The lowest BCUT2D eigenvalue weighted by molar-refractivity contribution is -0.154. The fourth-order valence-electron chi connectivity index (χ4n) is 8.35. The number of ether oxygens (including phenoxy) is 7. The zero-order valence-corrected chi connectivity index (χ0v) is 43.8. The lowest BCUT2D eigenvalue weighted by atomic mass is 9.94. The minimum absolute atomic E-state index is 0.0888. The third-order valence-corrected chi connectivity index (χ3v) is 12.5. The third kappa shape index (κ3) is 34.1.